The summed E-state index contributed by atoms with van der Waals surface area (Å²) in [4.78, 5) is 0. The molecule has 0 unspecified atom stereocenters. The van der Waals surface area contributed by atoms with Gasteiger partial charge in [0.15, 0.2) is 0 Å². The first-order valence-electron chi connectivity index (χ1n) is 23.5. The van der Waals surface area contributed by atoms with E-state index in [4.69, 9.17) is 0 Å². The molecule has 0 amide bonds. The van der Waals surface area contributed by atoms with Gasteiger partial charge in [-0.1, -0.05) is 197 Å². The van der Waals surface area contributed by atoms with Gasteiger partial charge in [-0.15, -0.1) is 0 Å². The molecule has 0 saturated heterocycles. The van der Waals surface area contributed by atoms with Gasteiger partial charge in [-0.3, -0.25) is 0 Å². The Kier molecular flexibility index (Phi) is 9.66. The van der Waals surface area contributed by atoms with Crippen molar-refractivity contribution in [3.63, 3.8) is 0 Å². The molecule has 0 heterocycles. The van der Waals surface area contributed by atoms with E-state index in [1.54, 1.807) is 22.3 Å². The van der Waals surface area contributed by atoms with Gasteiger partial charge in [-0.25, -0.2) is 0 Å². The predicted octanol–water partition coefficient (Wildman–Crippen LogP) is 13.6. The van der Waals surface area contributed by atoms with Crippen molar-refractivity contribution in [2.45, 2.75) is 89.9 Å². The summed E-state index contributed by atoms with van der Waals surface area (Å²) in [5.74, 6) is 1.32. The van der Waals surface area contributed by atoms with Crippen molar-refractivity contribution < 1.29 is 0 Å². The molecule has 8 aromatic rings. The van der Waals surface area contributed by atoms with Crippen molar-refractivity contribution in [3.05, 3.63) is 192 Å². The van der Waals surface area contributed by atoms with Crippen LogP contribution >= 0.6 is 15.8 Å². The van der Waals surface area contributed by atoms with Crippen LogP contribution in [0.25, 0.3) is 32.7 Å². The molecule has 8 aromatic carbocycles. The molecular weight excluding hydrogens is 783 g/mol. The largest absolute Gasteiger partial charge is 0.0622 e. The van der Waals surface area contributed by atoms with Gasteiger partial charge in [-0.05, 0) is 177 Å². The number of fused-ring (bicyclic) bond motifs is 10. The normalized spacial score (nSPS) is 22.8. The van der Waals surface area contributed by atoms with Crippen LogP contribution in [0, 0.1) is 10.8 Å². The number of benzene rings is 8. The molecule has 12 rings (SSSR count). The zero-order valence-electron chi connectivity index (χ0n) is 36.3. The molecule has 2 fully saturated rings. The van der Waals surface area contributed by atoms with Gasteiger partial charge < -0.3 is 0 Å². The molecule has 0 aliphatic heterocycles. The highest BCUT2D eigenvalue weighted by atomic mass is 31.1. The molecular formula is C60H56P2. The molecule has 0 bridgehead atoms. The summed E-state index contributed by atoms with van der Waals surface area (Å²) in [5.41, 5.74) is 10.3. The molecule has 0 N–H and O–H groups in total. The Balaban J connectivity index is 1.23. The zero-order valence-corrected chi connectivity index (χ0v) is 38.1. The van der Waals surface area contributed by atoms with E-state index < -0.39 is 15.8 Å². The lowest BCUT2D eigenvalue weighted by atomic mass is 9.66. The Hall–Kier alpha value is -4.86. The van der Waals surface area contributed by atoms with E-state index in [1.165, 1.54) is 129 Å². The van der Waals surface area contributed by atoms with Crippen LogP contribution in [0.15, 0.2) is 170 Å². The standard InChI is InChI=1S/C60H56P2/c1-59-37-15-25-53(59)49-27-29-51-45(47(49)35-39-59)31-33-55(61(41-17-7-3-8-18-41)42-19-9-4-10-20-42)57(51)58-52-30-28-50-48(36-40-60(2)38-16-26-54(50)60)46(52)32-34-56(58)62(43-21-11-5-12-22-43)44-23-13-6-14-24-44/h3-14,17-24,27-34,53-54H,15-16,25-26,35-40H2,1-2H3/t53-,54-,59+,60+/m0/s1. The van der Waals surface area contributed by atoms with Crippen LogP contribution in [-0.2, 0) is 12.8 Å². The Bertz CT molecular complexity index is 2670. The minimum absolute atomic E-state index is 0.427. The maximum atomic E-state index is 2.61. The molecule has 306 valence electrons. The SMILES string of the molecule is C[C@]12CCC[C@H]1c1ccc3c(-c4c(P(c5ccccc5)c5ccccc5)ccc5c6c(ccc45)[C@@H]4CCC[C@]4(C)CC6)c(P(c4ccccc4)c4ccccc4)ccc3c1CC2. The first kappa shape index (κ1) is 38.8. The fourth-order valence-corrected chi connectivity index (χ4v) is 18.1. The first-order valence-corrected chi connectivity index (χ1v) is 26.2. The lowest BCUT2D eigenvalue weighted by Gasteiger charge is -2.39. The lowest BCUT2D eigenvalue weighted by Crippen LogP contribution is -2.28. The van der Waals surface area contributed by atoms with E-state index in [-0.39, 0.29) is 0 Å². The monoisotopic (exact) mass is 838 g/mol. The van der Waals surface area contributed by atoms with Crippen molar-refractivity contribution >= 4 is 69.2 Å². The van der Waals surface area contributed by atoms with Crippen LogP contribution in [-0.4, -0.2) is 0 Å². The molecule has 62 heavy (non-hydrogen) atoms. The van der Waals surface area contributed by atoms with Crippen molar-refractivity contribution in [1.82, 2.24) is 0 Å². The summed E-state index contributed by atoms with van der Waals surface area (Å²) in [6.45, 7) is 5.18. The Morgan fingerprint density at radius 2 is 0.710 bits per heavy atom. The van der Waals surface area contributed by atoms with E-state index in [9.17, 15) is 0 Å². The quantitative estimate of drug-likeness (QED) is 0.140. The van der Waals surface area contributed by atoms with E-state index in [0.29, 0.717) is 22.7 Å². The first-order chi connectivity index (χ1) is 30.5. The average Bonchev–Trinajstić information content (AvgIpc) is 3.93. The number of hydrogen-bond donors (Lipinski definition) is 0. The van der Waals surface area contributed by atoms with E-state index in [2.05, 4.69) is 184 Å². The Morgan fingerprint density at radius 1 is 0.371 bits per heavy atom. The minimum Gasteiger partial charge on any atom is -0.0622 e. The van der Waals surface area contributed by atoms with Crippen molar-refractivity contribution in [3.8, 4) is 11.1 Å². The fraction of sp³-hybridized carbons (Fsp3) is 0.267. The zero-order chi connectivity index (χ0) is 41.4. The van der Waals surface area contributed by atoms with Crippen LogP contribution in [0.5, 0.6) is 0 Å². The second kappa shape index (κ2) is 15.4. The van der Waals surface area contributed by atoms with Crippen molar-refractivity contribution in [2.75, 3.05) is 0 Å². The van der Waals surface area contributed by atoms with Gasteiger partial charge in [0.2, 0.25) is 0 Å². The molecule has 0 radical (unpaired) electrons. The highest BCUT2D eigenvalue weighted by Gasteiger charge is 2.45. The second-order valence-corrected chi connectivity index (χ2v) is 24.0. The molecule has 2 saturated carbocycles. The molecule has 2 heteroatoms. The highest BCUT2D eigenvalue weighted by Crippen LogP contribution is 2.59. The summed E-state index contributed by atoms with van der Waals surface area (Å²) >= 11 is 0. The summed E-state index contributed by atoms with van der Waals surface area (Å²) in [6, 6.07) is 66.6. The molecule has 4 aliphatic carbocycles. The number of aryl methyl sites for hydroxylation is 2. The van der Waals surface area contributed by atoms with E-state index in [1.807, 2.05) is 0 Å². The molecule has 0 spiro atoms. The summed E-state index contributed by atoms with van der Waals surface area (Å²) in [6.07, 6.45) is 13.0. The van der Waals surface area contributed by atoms with E-state index >= 15 is 0 Å². The van der Waals surface area contributed by atoms with Gasteiger partial charge in [-0.2, -0.15) is 0 Å². The maximum Gasteiger partial charge on any atom is -0.000873 e. The van der Waals surface area contributed by atoms with Crippen LogP contribution in [0.1, 0.15) is 99.3 Å². The highest BCUT2D eigenvalue weighted by molar-refractivity contribution is 7.80. The Labute approximate surface area is 371 Å². The van der Waals surface area contributed by atoms with Gasteiger partial charge in [0, 0.05) is 0 Å². The lowest BCUT2D eigenvalue weighted by molar-refractivity contribution is 0.253. The molecule has 0 aromatic heterocycles. The van der Waals surface area contributed by atoms with Gasteiger partial charge in [0.1, 0.15) is 0 Å². The maximum absolute atomic E-state index is 2.61. The summed E-state index contributed by atoms with van der Waals surface area (Å²) in [7, 11) is -1.81. The third-order valence-corrected chi connectivity index (χ3v) is 21.2. The van der Waals surface area contributed by atoms with Gasteiger partial charge in [0.25, 0.3) is 0 Å². The van der Waals surface area contributed by atoms with Crippen molar-refractivity contribution in [2.24, 2.45) is 10.8 Å². The summed E-state index contributed by atoms with van der Waals surface area (Å²) < 4.78 is 0. The fourth-order valence-electron chi connectivity index (χ4n) is 13.2. The topological polar surface area (TPSA) is 0 Å². The molecule has 0 nitrogen and oxygen atoms in total. The van der Waals surface area contributed by atoms with Crippen LogP contribution in [0.3, 0.4) is 0 Å². The van der Waals surface area contributed by atoms with Crippen LogP contribution in [0.2, 0.25) is 0 Å². The third-order valence-electron chi connectivity index (χ3n) is 16.2. The second-order valence-electron chi connectivity index (χ2n) is 19.6. The van der Waals surface area contributed by atoms with Gasteiger partial charge >= 0.3 is 0 Å². The minimum atomic E-state index is -0.904. The molecule has 4 aliphatic rings. The van der Waals surface area contributed by atoms with Crippen molar-refractivity contribution in [1.29, 1.82) is 0 Å². The van der Waals surface area contributed by atoms with E-state index in [0.717, 1.165) is 0 Å². The summed E-state index contributed by atoms with van der Waals surface area (Å²) in [5, 5.41) is 14.4. The number of rotatable bonds is 7. The Morgan fingerprint density at radius 3 is 1.06 bits per heavy atom. The van der Waals surface area contributed by atoms with Crippen LogP contribution in [0.4, 0.5) is 0 Å². The average molecular weight is 839 g/mol. The number of hydrogen-bond acceptors (Lipinski definition) is 0. The molecule has 4 atom stereocenters. The smallest absolute Gasteiger partial charge is 0.000873 e. The van der Waals surface area contributed by atoms with Gasteiger partial charge in [0.05, 0.1) is 0 Å². The van der Waals surface area contributed by atoms with Crippen LogP contribution < -0.4 is 31.8 Å². The third kappa shape index (κ3) is 6.22. The predicted molar refractivity (Wildman–Crippen MR) is 270 cm³/mol.